The van der Waals surface area contributed by atoms with E-state index >= 15 is 0 Å². The van der Waals surface area contributed by atoms with Crippen LogP contribution in [-0.4, -0.2) is 62.7 Å². The minimum absolute atomic E-state index is 0.00588. The van der Waals surface area contributed by atoms with Crippen molar-refractivity contribution in [3.63, 3.8) is 0 Å². The maximum absolute atomic E-state index is 12.3. The summed E-state index contributed by atoms with van der Waals surface area (Å²) in [5.74, 6) is 0.719. The predicted octanol–water partition coefficient (Wildman–Crippen LogP) is 3.81. The number of ether oxygens (including phenoxy) is 2. The molecule has 30 heavy (non-hydrogen) atoms. The first-order valence-corrected chi connectivity index (χ1v) is 10.3. The Balaban J connectivity index is 1.46. The first kappa shape index (κ1) is 20.4. The van der Waals surface area contributed by atoms with E-state index < -0.39 is 0 Å². The van der Waals surface area contributed by atoms with Crippen LogP contribution in [0.25, 0.3) is 21.9 Å². The number of morpholine rings is 1. The second kappa shape index (κ2) is 9.28. The van der Waals surface area contributed by atoms with Crippen LogP contribution in [0.15, 0.2) is 60.7 Å². The maximum atomic E-state index is 12.3. The molecule has 0 aliphatic carbocycles. The largest absolute Gasteiger partial charge is 0.484 e. The van der Waals surface area contributed by atoms with Crippen LogP contribution in [0.2, 0.25) is 0 Å². The Morgan fingerprint density at radius 3 is 2.50 bits per heavy atom. The lowest BCUT2D eigenvalue weighted by molar-refractivity contribution is -0.137. The average molecular weight is 405 g/mol. The van der Waals surface area contributed by atoms with Gasteiger partial charge in [-0.05, 0) is 65.8 Å². The van der Waals surface area contributed by atoms with E-state index in [0.29, 0.717) is 32.1 Å². The normalized spacial score (nSPS) is 14.3. The van der Waals surface area contributed by atoms with E-state index in [0.717, 1.165) is 17.3 Å². The number of nitrogens with zero attached hydrogens (tertiary/aromatic N) is 2. The molecule has 0 atom stereocenters. The molecule has 5 heteroatoms. The van der Waals surface area contributed by atoms with Crippen LogP contribution in [0.4, 0.5) is 0 Å². The summed E-state index contributed by atoms with van der Waals surface area (Å²) in [6.45, 7) is 3.45. The molecule has 3 aromatic rings. The van der Waals surface area contributed by atoms with Gasteiger partial charge in [-0.2, -0.15) is 0 Å². The third kappa shape index (κ3) is 4.99. The minimum atomic E-state index is 0.00588. The van der Waals surface area contributed by atoms with Gasteiger partial charge < -0.3 is 19.3 Å². The smallest absolute Gasteiger partial charge is 0.260 e. The van der Waals surface area contributed by atoms with Gasteiger partial charge in [-0.3, -0.25) is 4.79 Å². The van der Waals surface area contributed by atoms with Crippen molar-refractivity contribution in [1.29, 1.82) is 0 Å². The van der Waals surface area contributed by atoms with Gasteiger partial charge in [0, 0.05) is 19.6 Å². The van der Waals surface area contributed by atoms with Crippen molar-refractivity contribution in [2.75, 3.05) is 47.0 Å². The SMILES string of the molecule is CN(C)Cc1cccc(-c2ccc3cc(OCC(=O)N4CCOCC4)ccc3c2)c1. The number of hydrogen-bond acceptors (Lipinski definition) is 4. The van der Waals surface area contributed by atoms with Gasteiger partial charge in [-0.25, -0.2) is 0 Å². The van der Waals surface area contributed by atoms with Gasteiger partial charge >= 0.3 is 0 Å². The zero-order valence-electron chi connectivity index (χ0n) is 17.6. The summed E-state index contributed by atoms with van der Waals surface area (Å²) in [5.41, 5.74) is 3.71. The third-order valence-corrected chi connectivity index (χ3v) is 5.30. The molecule has 3 aromatic carbocycles. The monoisotopic (exact) mass is 404 g/mol. The summed E-state index contributed by atoms with van der Waals surface area (Å²) in [4.78, 5) is 16.2. The van der Waals surface area contributed by atoms with Crippen LogP contribution < -0.4 is 4.74 Å². The van der Waals surface area contributed by atoms with Crippen LogP contribution >= 0.6 is 0 Å². The molecule has 156 valence electrons. The number of benzene rings is 3. The molecule has 0 radical (unpaired) electrons. The summed E-state index contributed by atoms with van der Waals surface area (Å²) in [6, 6.07) is 21.1. The number of carbonyl (C=O) groups is 1. The van der Waals surface area contributed by atoms with Gasteiger partial charge in [0.25, 0.3) is 5.91 Å². The highest BCUT2D eigenvalue weighted by Gasteiger charge is 2.17. The Labute approximate surface area is 177 Å². The van der Waals surface area contributed by atoms with Crippen molar-refractivity contribution in [2.45, 2.75) is 6.54 Å². The van der Waals surface area contributed by atoms with Gasteiger partial charge in [-0.15, -0.1) is 0 Å². The van der Waals surface area contributed by atoms with Crippen molar-refractivity contribution in [1.82, 2.24) is 9.80 Å². The molecule has 1 saturated heterocycles. The Kier molecular flexibility index (Phi) is 6.31. The molecule has 0 spiro atoms. The summed E-state index contributed by atoms with van der Waals surface area (Å²) < 4.78 is 11.0. The van der Waals surface area contributed by atoms with E-state index in [1.54, 1.807) is 4.90 Å². The Morgan fingerprint density at radius 2 is 1.70 bits per heavy atom. The van der Waals surface area contributed by atoms with E-state index in [4.69, 9.17) is 9.47 Å². The molecule has 4 rings (SSSR count). The molecule has 1 aliphatic heterocycles. The quantitative estimate of drug-likeness (QED) is 0.627. The fourth-order valence-corrected chi connectivity index (χ4v) is 3.76. The molecule has 0 aromatic heterocycles. The molecule has 1 heterocycles. The number of amides is 1. The second-order valence-electron chi connectivity index (χ2n) is 7.94. The van der Waals surface area contributed by atoms with E-state index in [1.807, 2.05) is 12.1 Å². The van der Waals surface area contributed by atoms with Gasteiger partial charge in [0.15, 0.2) is 6.61 Å². The first-order chi connectivity index (χ1) is 14.6. The minimum Gasteiger partial charge on any atom is -0.484 e. The van der Waals surface area contributed by atoms with Crippen molar-refractivity contribution >= 4 is 16.7 Å². The molecular formula is C25H28N2O3. The number of hydrogen-bond donors (Lipinski definition) is 0. The van der Waals surface area contributed by atoms with Gasteiger partial charge in [-0.1, -0.05) is 36.4 Å². The summed E-state index contributed by atoms with van der Waals surface area (Å²) in [6.07, 6.45) is 0. The molecule has 0 N–H and O–H groups in total. The molecule has 5 nitrogen and oxygen atoms in total. The van der Waals surface area contributed by atoms with Crippen molar-refractivity contribution in [3.8, 4) is 16.9 Å². The number of carbonyl (C=O) groups excluding carboxylic acids is 1. The number of rotatable bonds is 6. The lowest BCUT2D eigenvalue weighted by Gasteiger charge is -2.26. The topological polar surface area (TPSA) is 42.0 Å². The highest BCUT2D eigenvalue weighted by atomic mass is 16.5. The van der Waals surface area contributed by atoms with Crippen LogP contribution in [0.3, 0.4) is 0 Å². The fraction of sp³-hybridized carbons (Fsp3) is 0.320. The average Bonchev–Trinajstić information content (AvgIpc) is 2.77. The van der Waals surface area contributed by atoms with Crippen molar-refractivity contribution in [3.05, 3.63) is 66.2 Å². The third-order valence-electron chi connectivity index (χ3n) is 5.30. The lowest BCUT2D eigenvalue weighted by Crippen LogP contribution is -2.42. The zero-order chi connectivity index (χ0) is 20.9. The summed E-state index contributed by atoms with van der Waals surface area (Å²) in [5, 5.41) is 2.25. The van der Waals surface area contributed by atoms with Crippen LogP contribution in [0.5, 0.6) is 5.75 Å². The van der Waals surface area contributed by atoms with Gasteiger partial charge in [0.1, 0.15) is 5.75 Å². The van der Waals surface area contributed by atoms with Crippen molar-refractivity contribution < 1.29 is 14.3 Å². The van der Waals surface area contributed by atoms with E-state index in [9.17, 15) is 4.79 Å². The van der Waals surface area contributed by atoms with Crippen LogP contribution in [-0.2, 0) is 16.1 Å². The molecule has 0 saturated carbocycles. The molecule has 1 aliphatic rings. The molecule has 0 unspecified atom stereocenters. The highest BCUT2D eigenvalue weighted by Crippen LogP contribution is 2.28. The Hall–Kier alpha value is -2.89. The molecular weight excluding hydrogens is 376 g/mol. The van der Waals surface area contributed by atoms with E-state index in [1.165, 1.54) is 16.7 Å². The Bertz CT molecular complexity index is 1030. The molecule has 1 amide bonds. The maximum Gasteiger partial charge on any atom is 0.260 e. The zero-order valence-corrected chi connectivity index (χ0v) is 17.6. The van der Waals surface area contributed by atoms with Gasteiger partial charge in [0.05, 0.1) is 13.2 Å². The molecule has 0 bridgehead atoms. The number of fused-ring (bicyclic) bond motifs is 1. The Morgan fingerprint density at radius 1 is 0.967 bits per heavy atom. The van der Waals surface area contributed by atoms with Crippen LogP contribution in [0.1, 0.15) is 5.56 Å². The molecule has 1 fully saturated rings. The van der Waals surface area contributed by atoms with E-state index in [2.05, 4.69) is 67.5 Å². The van der Waals surface area contributed by atoms with Crippen molar-refractivity contribution in [2.24, 2.45) is 0 Å². The van der Waals surface area contributed by atoms with Gasteiger partial charge in [0.2, 0.25) is 0 Å². The second-order valence-corrected chi connectivity index (χ2v) is 7.94. The van der Waals surface area contributed by atoms with E-state index in [-0.39, 0.29) is 12.5 Å². The predicted molar refractivity (Wildman–Crippen MR) is 120 cm³/mol. The summed E-state index contributed by atoms with van der Waals surface area (Å²) in [7, 11) is 4.16. The van der Waals surface area contributed by atoms with Crippen LogP contribution in [0, 0.1) is 0 Å². The highest BCUT2D eigenvalue weighted by molar-refractivity contribution is 5.88. The fourth-order valence-electron chi connectivity index (χ4n) is 3.76. The first-order valence-electron chi connectivity index (χ1n) is 10.3. The lowest BCUT2D eigenvalue weighted by atomic mass is 9.99. The standard InChI is InChI=1S/C25H28N2O3/c1-26(2)17-19-4-3-5-20(14-19)21-6-7-23-16-24(9-8-22(23)15-21)30-18-25(28)27-10-12-29-13-11-27/h3-9,14-16H,10-13,17-18H2,1-2H3. The summed E-state index contributed by atoms with van der Waals surface area (Å²) >= 11 is 0.